The quantitative estimate of drug-likeness (QED) is 0.323. The summed E-state index contributed by atoms with van der Waals surface area (Å²) in [7, 11) is 0. The van der Waals surface area contributed by atoms with Crippen LogP contribution in [0, 0.1) is 0 Å². The summed E-state index contributed by atoms with van der Waals surface area (Å²) in [6.45, 7) is 0. The molecule has 20 heteroatoms. The molecular weight excluding hydrogens is 405 g/mol. The molecular formula is H24Al3B4O12Y. The normalized spacial score (nSPS) is 0. The van der Waals surface area contributed by atoms with Gasteiger partial charge < -0.3 is 65.7 Å². The minimum absolute atomic E-state index is 0. The summed E-state index contributed by atoms with van der Waals surface area (Å²) < 4.78 is 0. The van der Waals surface area contributed by atoms with Gasteiger partial charge in [0.15, 0.2) is 0 Å². The van der Waals surface area contributed by atoms with Gasteiger partial charge in [-0.3, -0.25) is 0 Å². The summed E-state index contributed by atoms with van der Waals surface area (Å²) in [6.07, 6.45) is 0. The topological polar surface area (TPSA) is 378 Å². The van der Waals surface area contributed by atoms with Gasteiger partial charge in [0.05, 0.1) is 0 Å². The zero-order valence-electron chi connectivity index (χ0n) is 10.6. The Kier molecular flexibility index (Phi) is 123000. The van der Waals surface area contributed by atoms with Gasteiger partial charge in [0, 0.05) is 118 Å². The van der Waals surface area contributed by atoms with Crippen molar-refractivity contribution in [3.05, 3.63) is 0 Å². The van der Waals surface area contributed by atoms with Crippen LogP contribution in [0.2, 0.25) is 0 Å². The molecule has 0 saturated heterocycles. The van der Waals surface area contributed by atoms with Crippen LogP contribution in [0.3, 0.4) is 0 Å². The van der Waals surface area contributed by atoms with E-state index in [0.717, 1.165) is 0 Å². The van der Waals surface area contributed by atoms with E-state index in [1.165, 1.54) is 0 Å². The molecule has 0 heterocycles. The van der Waals surface area contributed by atoms with Crippen LogP contribution >= 0.6 is 0 Å². The molecule has 0 aliphatic rings. The summed E-state index contributed by atoms with van der Waals surface area (Å²) in [5.41, 5.74) is 0. The van der Waals surface area contributed by atoms with Gasteiger partial charge in [0.1, 0.15) is 0 Å². The molecule has 0 aliphatic carbocycles. The van der Waals surface area contributed by atoms with Crippen molar-refractivity contribution in [2.24, 2.45) is 0 Å². The van der Waals surface area contributed by atoms with E-state index in [9.17, 15) is 0 Å². The fourth-order valence-corrected chi connectivity index (χ4v) is 0. The Balaban J connectivity index is 0. The number of hydrogen-bond donors (Lipinski definition) is 0. The minimum atomic E-state index is 0. The summed E-state index contributed by atoms with van der Waals surface area (Å²) in [6, 6.07) is 0. The van der Waals surface area contributed by atoms with E-state index in [1.807, 2.05) is 0 Å². The Labute approximate surface area is 182 Å². The van der Waals surface area contributed by atoms with E-state index in [0.29, 0.717) is 0 Å². The Hall–Kier alpha value is 2.48. The smallest absolute Gasteiger partial charge is 0 e. The van der Waals surface area contributed by atoms with Crippen LogP contribution in [-0.4, -0.2) is 151 Å². The van der Waals surface area contributed by atoms with E-state index in [1.54, 1.807) is 0 Å². The van der Waals surface area contributed by atoms with Crippen LogP contribution in [-0.2, 0) is 32.7 Å². The van der Waals surface area contributed by atoms with Gasteiger partial charge >= 0.3 is 0 Å². The molecule has 0 spiro atoms. The Morgan fingerprint density at radius 3 is 0.200 bits per heavy atom. The molecule has 12 nitrogen and oxygen atoms in total. The Bertz CT molecular complexity index is 30.7. The fourth-order valence-electron chi connectivity index (χ4n) is 0. The largest absolute Gasteiger partial charge is 0.412 e. The number of hydrogen-bond acceptors (Lipinski definition) is 0. The Morgan fingerprint density at radius 2 is 0.200 bits per heavy atom. The van der Waals surface area contributed by atoms with Crippen molar-refractivity contribution in [3.63, 3.8) is 0 Å². The van der Waals surface area contributed by atoms with Gasteiger partial charge in [-0.15, -0.1) is 0 Å². The molecule has 0 amide bonds. The zero-order valence-corrected chi connectivity index (χ0v) is 16.9. The van der Waals surface area contributed by atoms with Crippen molar-refractivity contribution >= 4 is 85.7 Å². The first kappa shape index (κ1) is 1690. The molecule has 20 heavy (non-hydrogen) atoms. The fraction of sp³-hybridized carbons (Fsp3) is 0. The van der Waals surface area contributed by atoms with Crippen molar-refractivity contribution in [1.29, 1.82) is 0 Å². The second kappa shape index (κ2) is 1460. The molecule has 0 atom stereocenters. The van der Waals surface area contributed by atoms with Crippen molar-refractivity contribution in [3.8, 4) is 0 Å². The molecule has 24 N–H and O–H groups in total. The van der Waals surface area contributed by atoms with Gasteiger partial charge in [0.25, 0.3) is 0 Å². The maximum atomic E-state index is 0. The maximum Gasteiger partial charge on any atom is 0 e. The van der Waals surface area contributed by atoms with Gasteiger partial charge in [0.2, 0.25) is 0 Å². The summed E-state index contributed by atoms with van der Waals surface area (Å²) in [5.74, 6) is 0. The standard InChI is InChI=1S/3Al.4B.12H2O.Y/h;;;;;;;12*1H2;. The third kappa shape index (κ3) is 1260. The van der Waals surface area contributed by atoms with Gasteiger partial charge in [-0.2, -0.15) is 0 Å². The second-order valence-electron chi connectivity index (χ2n) is 0. The molecule has 0 bridgehead atoms. The van der Waals surface area contributed by atoms with E-state index in [4.69, 9.17) is 0 Å². The van der Waals surface area contributed by atoms with Crippen LogP contribution in [0.5, 0.6) is 0 Å². The predicted molar refractivity (Wildman–Crippen MR) is 83.6 cm³/mol. The average molecular weight is 429 g/mol. The van der Waals surface area contributed by atoms with Crippen molar-refractivity contribution in [1.82, 2.24) is 0 Å². The number of rotatable bonds is 0. The maximum absolute atomic E-state index is 0. The van der Waals surface area contributed by atoms with Crippen molar-refractivity contribution in [2.75, 3.05) is 0 Å². The van der Waals surface area contributed by atoms with Gasteiger partial charge in [-0.25, -0.2) is 0 Å². The van der Waals surface area contributed by atoms with Gasteiger partial charge in [-0.1, -0.05) is 0 Å². The minimum Gasteiger partial charge on any atom is -0.412 e. The predicted octanol–water partition coefficient (Wildman–Crippen LogP) is -12.6. The molecule has 0 saturated carbocycles. The van der Waals surface area contributed by atoms with Gasteiger partial charge in [-0.05, 0) is 0 Å². The Morgan fingerprint density at radius 1 is 0.200 bits per heavy atom. The van der Waals surface area contributed by atoms with E-state index in [-0.39, 0.29) is 184 Å². The van der Waals surface area contributed by atoms with Crippen LogP contribution in [0.15, 0.2) is 0 Å². The average Bonchev–Trinajstić information content (AvgIpc) is 0. The SMILES string of the molecule is O.O.O.O.O.O.O.O.O.O.O.O.[Al].[Al].[Al].[B].[B].[B].[B].[Y]. The van der Waals surface area contributed by atoms with Crippen LogP contribution in [0.4, 0.5) is 0 Å². The summed E-state index contributed by atoms with van der Waals surface area (Å²) in [4.78, 5) is 0. The molecule has 0 aromatic heterocycles. The first-order chi connectivity index (χ1) is 0. The second-order valence-corrected chi connectivity index (χ2v) is 0. The van der Waals surface area contributed by atoms with E-state index >= 15 is 0 Å². The van der Waals surface area contributed by atoms with E-state index < -0.39 is 0 Å². The summed E-state index contributed by atoms with van der Waals surface area (Å²) >= 11 is 0. The first-order valence-corrected chi connectivity index (χ1v) is 0. The molecule has 0 aromatic rings. The molecule has 0 aromatic carbocycles. The molecule has 0 aliphatic heterocycles. The molecule has 0 fully saturated rings. The van der Waals surface area contributed by atoms with Crippen LogP contribution in [0.25, 0.3) is 0 Å². The third-order valence-corrected chi connectivity index (χ3v) is 0. The molecule has 120 valence electrons. The zero-order chi connectivity index (χ0) is 0. The third-order valence-electron chi connectivity index (χ3n) is 0. The van der Waals surface area contributed by atoms with E-state index in [2.05, 4.69) is 0 Å². The van der Waals surface area contributed by atoms with Crippen molar-refractivity contribution in [2.45, 2.75) is 0 Å². The van der Waals surface area contributed by atoms with Crippen LogP contribution in [0.1, 0.15) is 0 Å². The molecule has 22 radical (unpaired) electrons. The molecule has 0 rings (SSSR count). The molecule has 0 unspecified atom stereocenters. The van der Waals surface area contributed by atoms with Crippen LogP contribution < -0.4 is 0 Å². The summed E-state index contributed by atoms with van der Waals surface area (Å²) in [5, 5.41) is 0. The first-order valence-electron chi connectivity index (χ1n) is 0. The monoisotopic (exact) mass is 430 g/mol. The van der Waals surface area contributed by atoms with Crippen molar-refractivity contribution < 1.29 is 98.4 Å².